The van der Waals surface area contributed by atoms with Gasteiger partial charge in [0.05, 0.1) is 13.4 Å². The summed E-state index contributed by atoms with van der Waals surface area (Å²) in [5.41, 5.74) is 0.706. The summed E-state index contributed by atoms with van der Waals surface area (Å²) in [5, 5.41) is 0. The fourth-order valence-corrected chi connectivity index (χ4v) is 1.51. The van der Waals surface area contributed by atoms with E-state index < -0.39 is 10.0 Å². The van der Waals surface area contributed by atoms with E-state index in [1.54, 1.807) is 0 Å². The van der Waals surface area contributed by atoms with Crippen molar-refractivity contribution < 1.29 is 13.2 Å². The van der Waals surface area contributed by atoms with E-state index in [0.717, 1.165) is 6.26 Å². The predicted molar refractivity (Wildman–Crippen MR) is 57.2 cm³/mol. The minimum atomic E-state index is -3.37. The van der Waals surface area contributed by atoms with E-state index in [9.17, 15) is 8.42 Å². The summed E-state index contributed by atoms with van der Waals surface area (Å²) >= 11 is 0. The molecule has 1 aromatic rings. The lowest BCUT2D eigenvalue weighted by molar-refractivity contribution is 0.400. The molecule has 0 aromatic carbocycles. The smallest absolute Gasteiger partial charge is 0.238 e. The molecule has 15 heavy (non-hydrogen) atoms. The minimum Gasteiger partial charge on any atom is -0.479 e. The summed E-state index contributed by atoms with van der Waals surface area (Å²) < 4.78 is 29.2. The highest BCUT2D eigenvalue weighted by Gasteiger charge is 2.09. The molecule has 1 N–H and O–H groups in total. The van der Waals surface area contributed by atoms with Crippen molar-refractivity contribution in [2.75, 3.05) is 18.1 Å². The van der Waals surface area contributed by atoms with Crippen LogP contribution in [0.5, 0.6) is 5.88 Å². The third-order valence-corrected chi connectivity index (χ3v) is 2.10. The lowest BCUT2D eigenvalue weighted by Crippen LogP contribution is -2.11. The van der Waals surface area contributed by atoms with Crippen molar-refractivity contribution in [1.29, 1.82) is 0 Å². The fraction of sp³-hybridized carbons (Fsp3) is 0.222. The highest BCUT2D eigenvalue weighted by atomic mass is 32.2. The van der Waals surface area contributed by atoms with Gasteiger partial charge >= 0.3 is 0 Å². The molecule has 0 aliphatic rings. The molecule has 0 aliphatic heterocycles. The zero-order valence-corrected chi connectivity index (χ0v) is 9.13. The number of nitrogens with one attached hydrogen (secondary N) is 1. The number of ether oxygens (including phenoxy) is 1. The first-order valence-corrected chi connectivity index (χ1v) is 5.84. The average molecular weight is 226 g/mol. The predicted octanol–water partition coefficient (Wildman–Crippen LogP) is 0.443. The Morgan fingerprint density at radius 1 is 1.60 bits per heavy atom. The molecule has 0 amide bonds. The molecule has 5 nitrogen and oxygen atoms in total. The summed E-state index contributed by atoms with van der Waals surface area (Å²) in [4.78, 5) is 3.86. The molecule has 0 radical (unpaired) electrons. The van der Waals surface area contributed by atoms with Gasteiger partial charge in [0, 0.05) is 11.8 Å². The quantitative estimate of drug-likeness (QED) is 0.759. The number of hydrogen-bond donors (Lipinski definition) is 1. The molecule has 0 bridgehead atoms. The maximum Gasteiger partial charge on any atom is 0.238 e. The van der Waals surface area contributed by atoms with Gasteiger partial charge in [-0.3, -0.25) is 4.72 Å². The second kappa shape index (κ2) is 4.19. The number of pyridine rings is 1. The second-order valence-corrected chi connectivity index (χ2v) is 4.55. The summed E-state index contributed by atoms with van der Waals surface area (Å²) in [7, 11) is -1.98. The highest BCUT2D eigenvalue weighted by Crippen LogP contribution is 2.22. The molecule has 0 fully saturated rings. The molecule has 0 aliphatic carbocycles. The van der Waals surface area contributed by atoms with Crippen LogP contribution in [0.25, 0.3) is 0 Å². The Labute approximate surface area is 88.5 Å². The van der Waals surface area contributed by atoms with E-state index >= 15 is 0 Å². The standard InChI is InChI=1S/C9H10N2O3S/c1-4-7-5-8(11-15(3,12)13)9(14-2)10-6-7/h1,5-6,11H,2-3H3. The van der Waals surface area contributed by atoms with Gasteiger partial charge in [-0.25, -0.2) is 13.4 Å². The van der Waals surface area contributed by atoms with Crippen molar-refractivity contribution in [3.8, 4) is 18.2 Å². The van der Waals surface area contributed by atoms with Gasteiger partial charge in [0.2, 0.25) is 15.9 Å². The van der Waals surface area contributed by atoms with Crippen LogP contribution in [0, 0.1) is 12.3 Å². The van der Waals surface area contributed by atoms with Crippen molar-refractivity contribution in [3.05, 3.63) is 17.8 Å². The average Bonchev–Trinajstić information content (AvgIpc) is 2.15. The van der Waals surface area contributed by atoms with E-state index in [2.05, 4.69) is 15.6 Å². The SMILES string of the molecule is C#Cc1cnc(OC)c(NS(C)(=O)=O)c1. The van der Waals surface area contributed by atoms with E-state index in [4.69, 9.17) is 11.2 Å². The van der Waals surface area contributed by atoms with Crippen molar-refractivity contribution in [2.24, 2.45) is 0 Å². The van der Waals surface area contributed by atoms with Gasteiger partial charge in [-0.2, -0.15) is 0 Å². The van der Waals surface area contributed by atoms with E-state index in [0.29, 0.717) is 5.56 Å². The van der Waals surface area contributed by atoms with E-state index in [-0.39, 0.29) is 11.6 Å². The van der Waals surface area contributed by atoms with Crippen LogP contribution in [-0.4, -0.2) is 26.8 Å². The number of sulfonamides is 1. The van der Waals surface area contributed by atoms with Crippen LogP contribution in [0.1, 0.15) is 5.56 Å². The monoisotopic (exact) mass is 226 g/mol. The zero-order valence-electron chi connectivity index (χ0n) is 8.31. The molecule has 0 saturated heterocycles. The Bertz CT molecular complexity index is 503. The van der Waals surface area contributed by atoms with Gasteiger partial charge in [-0.15, -0.1) is 6.42 Å². The second-order valence-electron chi connectivity index (χ2n) is 2.80. The Morgan fingerprint density at radius 2 is 2.27 bits per heavy atom. The first-order chi connectivity index (χ1) is 6.96. The highest BCUT2D eigenvalue weighted by molar-refractivity contribution is 7.92. The topological polar surface area (TPSA) is 68.3 Å². The molecule has 80 valence electrons. The molecule has 1 rings (SSSR count). The number of rotatable bonds is 3. The van der Waals surface area contributed by atoms with Crippen LogP contribution >= 0.6 is 0 Å². The Morgan fingerprint density at radius 3 is 2.73 bits per heavy atom. The summed E-state index contributed by atoms with van der Waals surface area (Å²) in [6.07, 6.45) is 7.63. The molecule has 0 atom stereocenters. The van der Waals surface area contributed by atoms with E-state index in [1.165, 1.54) is 19.4 Å². The molecular weight excluding hydrogens is 216 g/mol. The Kier molecular flexibility index (Phi) is 3.17. The van der Waals surface area contributed by atoms with Crippen molar-refractivity contribution >= 4 is 15.7 Å². The van der Waals surface area contributed by atoms with Gasteiger partial charge in [0.25, 0.3) is 0 Å². The third kappa shape index (κ3) is 3.14. The van der Waals surface area contributed by atoms with Crippen LogP contribution in [-0.2, 0) is 10.0 Å². The first-order valence-electron chi connectivity index (χ1n) is 3.94. The molecule has 1 heterocycles. The van der Waals surface area contributed by atoms with Gasteiger partial charge in [-0.05, 0) is 6.07 Å². The van der Waals surface area contributed by atoms with Crippen LogP contribution in [0.3, 0.4) is 0 Å². The Balaban J connectivity index is 3.19. The number of aromatic nitrogens is 1. The summed E-state index contributed by atoms with van der Waals surface area (Å²) in [6, 6.07) is 1.48. The largest absolute Gasteiger partial charge is 0.479 e. The van der Waals surface area contributed by atoms with Crippen LogP contribution in [0.2, 0.25) is 0 Å². The van der Waals surface area contributed by atoms with Crippen molar-refractivity contribution in [2.45, 2.75) is 0 Å². The first kappa shape index (κ1) is 11.3. The number of nitrogens with zero attached hydrogens (tertiary/aromatic N) is 1. The molecule has 6 heteroatoms. The number of methoxy groups -OCH3 is 1. The molecule has 0 unspecified atom stereocenters. The van der Waals surface area contributed by atoms with Crippen LogP contribution in [0.15, 0.2) is 12.3 Å². The normalized spacial score (nSPS) is 10.5. The van der Waals surface area contributed by atoms with Crippen molar-refractivity contribution in [3.63, 3.8) is 0 Å². The molecular formula is C9H10N2O3S. The molecule has 0 saturated carbocycles. The molecule has 0 spiro atoms. The molecule has 1 aromatic heterocycles. The van der Waals surface area contributed by atoms with Crippen LogP contribution < -0.4 is 9.46 Å². The number of anilines is 1. The lowest BCUT2D eigenvalue weighted by atomic mass is 10.3. The van der Waals surface area contributed by atoms with Gasteiger partial charge in [-0.1, -0.05) is 5.92 Å². The maximum absolute atomic E-state index is 11.0. The zero-order chi connectivity index (χ0) is 11.5. The lowest BCUT2D eigenvalue weighted by Gasteiger charge is -2.08. The Hall–Kier alpha value is -1.74. The number of terminal acetylenes is 1. The summed E-state index contributed by atoms with van der Waals surface area (Å²) in [6.45, 7) is 0. The van der Waals surface area contributed by atoms with Gasteiger partial charge < -0.3 is 4.74 Å². The van der Waals surface area contributed by atoms with Crippen molar-refractivity contribution in [1.82, 2.24) is 4.98 Å². The minimum absolute atomic E-state index is 0.180. The number of hydrogen-bond acceptors (Lipinski definition) is 4. The van der Waals surface area contributed by atoms with Gasteiger partial charge in [0.15, 0.2) is 0 Å². The van der Waals surface area contributed by atoms with Gasteiger partial charge in [0.1, 0.15) is 5.69 Å². The van der Waals surface area contributed by atoms with Crippen LogP contribution in [0.4, 0.5) is 5.69 Å². The summed E-state index contributed by atoms with van der Waals surface area (Å²) in [5.74, 6) is 2.53. The maximum atomic E-state index is 11.0. The fourth-order valence-electron chi connectivity index (χ4n) is 0.967. The van der Waals surface area contributed by atoms with E-state index in [1.807, 2.05) is 0 Å². The third-order valence-electron chi connectivity index (χ3n) is 1.51.